The highest BCUT2D eigenvalue weighted by atomic mass is 32.2. The average molecular weight is 468 g/mol. The number of hydrogen-bond donors (Lipinski definition) is 1. The normalized spacial score (nSPS) is 11.6. The minimum Gasteiger partial charge on any atom is -0.379 e. The van der Waals surface area contributed by atoms with E-state index in [4.69, 9.17) is 4.18 Å². The second-order valence-electron chi connectivity index (χ2n) is 6.72. The summed E-state index contributed by atoms with van der Waals surface area (Å²) in [5.74, 6) is -0.382. The molecule has 1 N–H and O–H groups in total. The predicted octanol–water partition coefficient (Wildman–Crippen LogP) is 5.47. The van der Waals surface area contributed by atoms with Gasteiger partial charge in [-0.3, -0.25) is 5.43 Å². The maximum atomic E-state index is 13.0. The summed E-state index contributed by atoms with van der Waals surface area (Å²) in [5, 5.41) is 4.87. The van der Waals surface area contributed by atoms with Gasteiger partial charge in [0.1, 0.15) is 16.5 Å². The molecular formula is C23H18FN3O3S2. The van der Waals surface area contributed by atoms with Gasteiger partial charge in [-0.05, 0) is 61.0 Å². The van der Waals surface area contributed by atoms with E-state index in [0.717, 1.165) is 46.0 Å². The van der Waals surface area contributed by atoms with E-state index in [2.05, 4.69) is 15.5 Å². The van der Waals surface area contributed by atoms with Crippen molar-refractivity contribution in [3.63, 3.8) is 0 Å². The number of aryl methyl sites for hydroxylation is 1. The minimum atomic E-state index is -4.04. The molecule has 0 fully saturated rings. The van der Waals surface area contributed by atoms with Crippen LogP contribution in [0.4, 0.5) is 9.52 Å². The molecule has 3 aromatic carbocycles. The van der Waals surface area contributed by atoms with Gasteiger partial charge >= 0.3 is 10.1 Å². The summed E-state index contributed by atoms with van der Waals surface area (Å²) in [6, 6.07) is 20.7. The van der Waals surface area contributed by atoms with Gasteiger partial charge in [0.25, 0.3) is 0 Å². The summed E-state index contributed by atoms with van der Waals surface area (Å²) in [4.78, 5) is 5.54. The molecule has 0 aliphatic carbocycles. The molecule has 4 aromatic rings. The molecule has 0 aliphatic rings. The van der Waals surface area contributed by atoms with Gasteiger partial charge in [-0.1, -0.05) is 30.3 Å². The number of benzene rings is 3. The largest absolute Gasteiger partial charge is 0.379 e. The minimum absolute atomic E-state index is 0.123. The van der Waals surface area contributed by atoms with Crippen LogP contribution in [0.5, 0.6) is 5.75 Å². The summed E-state index contributed by atoms with van der Waals surface area (Å²) >= 11 is 1.51. The summed E-state index contributed by atoms with van der Waals surface area (Å²) in [5.41, 5.74) is 5.62. The monoisotopic (exact) mass is 467 g/mol. The van der Waals surface area contributed by atoms with E-state index in [1.165, 1.54) is 23.5 Å². The fraction of sp³-hybridized carbons (Fsp3) is 0.0435. The number of hydrazone groups is 1. The first kappa shape index (κ1) is 21.7. The average Bonchev–Trinajstić information content (AvgIpc) is 3.16. The lowest BCUT2D eigenvalue weighted by Gasteiger charge is -2.07. The quantitative estimate of drug-likeness (QED) is 0.221. The highest BCUT2D eigenvalue weighted by Crippen LogP contribution is 2.30. The first-order chi connectivity index (χ1) is 15.4. The maximum Gasteiger partial charge on any atom is 0.339 e. The zero-order chi connectivity index (χ0) is 22.6. The summed E-state index contributed by atoms with van der Waals surface area (Å²) in [6.45, 7) is 2.01. The Bertz CT molecular complexity index is 1340. The van der Waals surface area contributed by atoms with Crippen molar-refractivity contribution in [1.29, 1.82) is 0 Å². The first-order valence-electron chi connectivity index (χ1n) is 9.53. The molecule has 0 unspecified atom stereocenters. The molecule has 0 radical (unpaired) electrons. The number of hydrogen-bond acceptors (Lipinski definition) is 7. The Morgan fingerprint density at radius 1 is 1.00 bits per heavy atom. The van der Waals surface area contributed by atoms with Gasteiger partial charge in [0.15, 0.2) is 0 Å². The van der Waals surface area contributed by atoms with Crippen molar-refractivity contribution in [2.75, 3.05) is 5.43 Å². The van der Waals surface area contributed by atoms with Gasteiger partial charge in [0.2, 0.25) is 5.13 Å². The smallest absolute Gasteiger partial charge is 0.339 e. The molecule has 9 heteroatoms. The molecule has 6 nitrogen and oxygen atoms in total. The van der Waals surface area contributed by atoms with E-state index in [1.54, 1.807) is 18.3 Å². The molecule has 162 valence electrons. The van der Waals surface area contributed by atoms with Crippen LogP contribution in [0.3, 0.4) is 0 Å². The van der Waals surface area contributed by atoms with Crippen molar-refractivity contribution in [3.8, 4) is 17.0 Å². The molecule has 1 aromatic heterocycles. The van der Waals surface area contributed by atoms with Gasteiger partial charge in [-0.2, -0.15) is 13.5 Å². The third kappa shape index (κ3) is 5.19. The molecule has 0 atom stereocenters. The van der Waals surface area contributed by atoms with Crippen LogP contribution < -0.4 is 9.61 Å². The Labute approximate surface area is 189 Å². The van der Waals surface area contributed by atoms with Crippen LogP contribution in [0.2, 0.25) is 0 Å². The SMILES string of the molecule is Cc1sc(N/N=C\c2ccc(OS(=O)(=O)c3ccc(F)cc3)cc2)nc1-c1ccccc1. The third-order valence-corrected chi connectivity index (χ3v) is 6.54. The number of aromatic nitrogens is 1. The van der Waals surface area contributed by atoms with Crippen LogP contribution in [-0.2, 0) is 10.1 Å². The predicted molar refractivity (Wildman–Crippen MR) is 124 cm³/mol. The van der Waals surface area contributed by atoms with Gasteiger partial charge in [-0.15, -0.1) is 11.3 Å². The summed E-state index contributed by atoms with van der Waals surface area (Å²) in [7, 11) is -4.04. The number of rotatable bonds is 7. The van der Waals surface area contributed by atoms with Crippen LogP contribution >= 0.6 is 11.3 Å². The summed E-state index contributed by atoms with van der Waals surface area (Å²) in [6.07, 6.45) is 1.59. The first-order valence-corrected chi connectivity index (χ1v) is 11.8. The lowest BCUT2D eigenvalue weighted by Crippen LogP contribution is -2.09. The highest BCUT2D eigenvalue weighted by Gasteiger charge is 2.16. The van der Waals surface area contributed by atoms with Crippen LogP contribution in [0.25, 0.3) is 11.3 Å². The van der Waals surface area contributed by atoms with E-state index in [-0.39, 0.29) is 10.6 Å². The topological polar surface area (TPSA) is 80.7 Å². The molecule has 0 saturated carbocycles. The van der Waals surface area contributed by atoms with Gasteiger partial charge in [0.05, 0.1) is 11.9 Å². The van der Waals surface area contributed by atoms with Gasteiger partial charge < -0.3 is 4.18 Å². The molecule has 32 heavy (non-hydrogen) atoms. The van der Waals surface area contributed by atoms with Crippen molar-refractivity contribution in [3.05, 3.63) is 95.1 Å². The van der Waals surface area contributed by atoms with Gasteiger partial charge in [0, 0.05) is 10.4 Å². The molecule has 4 rings (SSSR count). The Balaban J connectivity index is 1.39. The lowest BCUT2D eigenvalue weighted by atomic mass is 10.1. The van der Waals surface area contributed by atoms with Crippen molar-refractivity contribution >= 4 is 32.8 Å². The standard InChI is InChI=1S/C23H18FN3O3S2/c1-16-22(18-5-3-2-4-6-18)26-23(31-16)27-25-15-17-7-11-20(12-8-17)30-32(28,29)21-13-9-19(24)10-14-21/h2-15H,1H3,(H,26,27)/b25-15-. The molecular weight excluding hydrogens is 449 g/mol. The van der Waals surface area contributed by atoms with E-state index in [9.17, 15) is 12.8 Å². The Morgan fingerprint density at radius 3 is 2.38 bits per heavy atom. The fourth-order valence-corrected chi connectivity index (χ4v) is 4.57. The maximum absolute atomic E-state index is 13.0. The molecule has 1 heterocycles. The number of nitrogens with zero attached hydrogens (tertiary/aromatic N) is 2. The lowest BCUT2D eigenvalue weighted by molar-refractivity contribution is 0.486. The van der Waals surface area contributed by atoms with Crippen molar-refractivity contribution in [2.45, 2.75) is 11.8 Å². The zero-order valence-electron chi connectivity index (χ0n) is 16.9. The second kappa shape index (κ2) is 9.29. The Morgan fingerprint density at radius 2 is 1.69 bits per heavy atom. The summed E-state index contributed by atoms with van der Waals surface area (Å²) < 4.78 is 42.6. The molecule has 0 spiro atoms. The van der Waals surface area contributed by atoms with Crippen molar-refractivity contribution in [2.24, 2.45) is 5.10 Å². The Kier molecular flexibility index (Phi) is 6.29. The van der Waals surface area contributed by atoms with E-state index < -0.39 is 15.9 Å². The van der Waals surface area contributed by atoms with E-state index in [1.807, 2.05) is 37.3 Å². The molecule has 0 bridgehead atoms. The van der Waals surface area contributed by atoms with Gasteiger partial charge in [-0.25, -0.2) is 9.37 Å². The van der Waals surface area contributed by atoms with Crippen molar-refractivity contribution < 1.29 is 17.0 Å². The number of anilines is 1. The van der Waals surface area contributed by atoms with Crippen LogP contribution in [-0.4, -0.2) is 19.6 Å². The molecule has 0 saturated heterocycles. The van der Waals surface area contributed by atoms with E-state index in [0.29, 0.717) is 5.13 Å². The second-order valence-corrected chi connectivity index (χ2v) is 9.47. The van der Waals surface area contributed by atoms with Crippen LogP contribution in [0, 0.1) is 12.7 Å². The molecule has 0 aliphatic heterocycles. The van der Waals surface area contributed by atoms with Crippen molar-refractivity contribution in [1.82, 2.24) is 4.98 Å². The van der Waals surface area contributed by atoms with Crippen LogP contribution in [0.1, 0.15) is 10.4 Å². The molecule has 0 amide bonds. The van der Waals surface area contributed by atoms with Crippen LogP contribution in [0.15, 0.2) is 88.9 Å². The third-order valence-electron chi connectivity index (χ3n) is 4.41. The number of halogens is 1. The zero-order valence-corrected chi connectivity index (χ0v) is 18.5. The van der Waals surface area contributed by atoms with E-state index >= 15 is 0 Å². The highest BCUT2D eigenvalue weighted by molar-refractivity contribution is 7.87. The fourth-order valence-electron chi connectivity index (χ4n) is 2.86. The Hall–Kier alpha value is -3.56. The number of thiazole rings is 1. The number of nitrogens with one attached hydrogen (secondary N) is 1.